The summed E-state index contributed by atoms with van der Waals surface area (Å²) in [5, 5.41) is 9.84. The minimum Gasteiger partial charge on any atom is -0.439 e. The molecule has 5 nitrogen and oxygen atoms in total. The summed E-state index contributed by atoms with van der Waals surface area (Å²) in [6.07, 6.45) is 3.98. The second-order valence-corrected chi connectivity index (χ2v) is 6.02. The topological polar surface area (TPSA) is 75.5 Å². The second-order valence-electron chi connectivity index (χ2n) is 6.02. The molecular weight excluding hydrogens is 254 g/mol. The van der Waals surface area contributed by atoms with E-state index in [-0.39, 0.29) is 6.10 Å². The number of hydrogen-bond acceptors (Lipinski definition) is 5. The largest absolute Gasteiger partial charge is 0.439 e. The van der Waals surface area contributed by atoms with Crippen LogP contribution in [-0.4, -0.2) is 33.2 Å². The molecule has 2 unspecified atom stereocenters. The molecule has 2 saturated heterocycles. The van der Waals surface area contributed by atoms with Crippen molar-refractivity contribution >= 4 is 16.8 Å². The molecule has 2 atom stereocenters. The van der Waals surface area contributed by atoms with E-state index in [1.54, 1.807) is 0 Å². The maximum Gasteiger partial charge on any atom is 0.209 e. The molecule has 3 N–H and O–H groups in total. The Bertz CT molecular complexity index is 625. The molecule has 0 spiro atoms. The van der Waals surface area contributed by atoms with Gasteiger partial charge in [0.25, 0.3) is 0 Å². The lowest BCUT2D eigenvalue weighted by Crippen LogP contribution is -2.44. The summed E-state index contributed by atoms with van der Waals surface area (Å²) in [5.41, 5.74) is 8.07. The van der Waals surface area contributed by atoms with Crippen LogP contribution in [0.3, 0.4) is 0 Å². The van der Waals surface area contributed by atoms with Gasteiger partial charge in [-0.25, -0.2) is 4.98 Å². The Balaban J connectivity index is 1.58. The number of aliphatic hydroxyl groups excluding tert-OH is 1. The first-order valence-electron chi connectivity index (χ1n) is 7.28. The number of nitrogens with two attached hydrogens (primary N) is 1. The summed E-state index contributed by atoms with van der Waals surface area (Å²) >= 11 is 0. The van der Waals surface area contributed by atoms with Gasteiger partial charge in [0, 0.05) is 23.8 Å². The van der Waals surface area contributed by atoms with Crippen molar-refractivity contribution in [2.24, 2.45) is 0 Å². The number of piperidine rings is 1. The third-order valence-electron chi connectivity index (χ3n) is 4.63. The lowest BCUT2D eigenvalue weighted by molar-refractivity contribution is 0.0269. The van der Waals surface area contributed by atoms with Crippen LogP contribution in [0.15, 0.2) is 22.6 Å². The number of oxazole rings is 1. The molecule has 0 aliphatic carbocycles. The van der Waals surface area contributed by atoms with Crippen LogP contribution < -0.4 is 5.73 Å². The van der Waals surface area contributed by atoms with E-state index in [2.05, 4.69) is 9.88 Å². The van der Waals surface area contributed by atoms with Gasteiger partial charge in [-0.15, -0.1) is 0 Å². The summed E-state index contributed by atoms with van der Waals surface area (Å²) in [5.74, 6) is 0.749. The molecular formula is C15H19N3O2. The van der Waals surface area contributed by atoms with Gasteiger partial charge in [0.2, 0.25) is 5.89 Å². The molecule has 1 aromatic carbocycles. The Morgan fingerprint density at radius 2 is 2.05 bits per heavy atom. The maximum atomic E-state index is 9.84. The highest BCUT2D eigenvalue weighted by Gasteiger charge is 2.40. The minimum absolute atomic E-state index is 0.132. The molecule has 0 amide bonds. The van der Waals surface area contributed by atoms with E-state index < -0.39 is 0 Å². The lowest BCUT2D eigenvalue weighted by Gasteiger charge is -2.36. The molecule has 0 saturated carbocycles. The van der Waals surface area contributed by atoms with Gasteiger partial charge in [0.15, 0.2) is 5.58 Å². The van der Waals surface area contributed by atoms with Crippen LogP contribution in [0.5, 0.6) is 0 Å². The van der Waals surface area contributed by atoms with Crippen LogP contribution in [0.4, 0.5) is 5.69 Å². The Morgan fingerprint density at radius 3 is 2.80 bits per heavy atom. The number of fused-ring (bicyclic) bond motifs is 3. The smallest absolute Gasteiger partial charge is 0.209 e. The van der Waals surface area contributed by atoms with Crippen molar-refractivity contribution in [1.82, 2.24) is 9.88 Å². The molecule has 2 aliphatic rings. The van der Waals surface area contributed by atoms with E-state index in [0.717, 1.165) is 36.4 Å². The van der Waals surface area contributed by atoms with Crippen molar-refractivity contribution in [1.29, 1.82) is 0 Å². The van der Waals surface area contributed by atoms with Gasteiger partial charge in [0.1, 0.15) is 5.52 Å². The summed E-state index contributed by atoms with van der Waals surface area (Å²) in [6, 6.07) is 6.51. The molecule has 2 bridgehead atoms. The molecule has 20 heavy (non-hydrogen) atoms. The van der Waals surface area contributed by atoms with Gasteiger partial charge < -0.3 is 15.3 Å². The first kappa shape index (κ1) is 12.2. The van der Waals surface area contributed by atoms with Crippen LogP contribution in [0, 0.1) is 0 Å². The quantitative estimate of drug-likeness (QED) is 0.817. The van der Waals surface area contributed by atoms with Crippen LogP contribution in [0.1, 0.15) is 31.6 Å². The number of aliphatic hydroxyl groups is 1. The first-order valence-corrected chi connectivity index (χ1v) is 7.28. The SMILES string of the molecule is Nc1ccc2nc(CN3C4CCC3CC(O)C4)oc2c1. The maximum absolute atomic E-state index is 9.84. The van der Waals surface area contributed by atoms with Crippen LogP contribution >= 0.6 is 0 Å². The standard InChI is InChI=1S/C15H19N3O2/c16-9-1-4-13-14(5-9)20-15(17-13)8-18-10-2-3-11(18)7-12(19)6-10/h1,4-5,10-12,19H,2-3,6-8,16H2. The first-order chi connectivity index (χ1) is 9.69. The zero-order chi connectivity index (χ0) is 13.7. The number of nitrogen functional groups attached to an aromatic ring is 1. The Kier molecular flexibility index (Phi) is 2.72. The predicted octanol–water partition coefficient (Wildman–Crippen LogP) is 1.90. The van der Waals surface area contributed by atoms with Crippen molar-refractivity contribution in [3.63, 3.8) is 0 Å². The van der Waals surface area contributed by atoms with Gasteiger partial charge in [0.05, 0.1) is 12.6 Å². The van der Waals surface area contributed by atoms with Gasteiger partial charge in [-0.05, 0) is 37.8 Å². The molecule has 3 heterocycles. The predicted molar refractivity (Wildman–Crippen MR) is 76.0 cm³/mol. The molecule has 4 rings (SSSR count). The average Bonchev–Trinajstić information content (AvgIpc) is 2.89. The normalized spacial score (nSPS) is 30.1. The fraction of sp³-hybridized carbons (Fsp3) is 0.533. The fourth-order valence-corrected chi connectivity index (χ4v) is 3.72. The lowest BCUT2D eigenvalue weighted by atomic mass is 10.00. The number of rotatable bonds is 2. The van der Waals surface area contributed by atoms with Crippen molar-refractivity contribution in [2.75, 3.05) is 5.73 Å². The molecule has 2 aromatic rings. The van der Waals surface area contributed by atoms with Crippen molar-refractivity contribution in [2.45, 2.75) is 50.4 Å². The van der Waals surface area contributed by atoms with E-state index in [1.165, 1.54) is 12.8 Å². The molecule has 1 aromatic heterocycles. The van der Waals surface area contributed by atoms with E-state index >= 15 is 0 Å². The Hall–Kier alpha value is -1.59. The molecule has 2 aliphatic heterocycles. The second kappa shape index (κ2) is 4.46. The highest BCUT2D eigenvalue weighted by molar-refractivity contribution is 5.76. The van der Waals surface area contributed by atoms with Crippen molar-refractivity contribution in [3.05, 3.63) is 24.1 Å². The van der Waals surface area contributed by atoms with Gasteiger partial charge >= 0.3 is 0 Å². The number of benzene rings is 1. The summed E-state index contributed by atoms with van der Waals surface area (Å²) in [6.45, 7) is 0.733. The van der Waals surface area contributed by atoms with E-state index in [0.29, 0.717) is 17.8 Å². The average molecular weight is 273 g/mol. The third kappa shape index (κ3) is 1.98. The molecule has 0 radical (unpaired) electrons. The van der Waals surface area contributed by atoms with E-state index in [1.807, 2.05) is 18.2 Å². The minimum atomic E-state index is -0.132. The summed E-state index contributed by atoms with van der Waals surface area (Å²) < 4.78 is 5.81. The van der Waals surface area contributed by atoms with Crippen LogP contribution in [0.2, 0.25) is 0 Å². The van der Waals surface area contributed by atoms with Gasteiger partial charge in [-0.1, -0.05) is 0 Å². The van der Waals surface area contributed by atoms with Crippen molar-refractivity contribution in [3.8, 4) is 0 Å². The number of nitrogens with zero attached hydrogens (tertiary/aromatic N) is 2. The summed E-state index contributed by atoms with van der Waals surface area (Å²) in [4.78, 5) is 6.98. The van der Waals surface area contributed by atoms with Crippen molar-refractivity contribution < 1.29 is 9.52 Å². The highest BCUT2D eigenvalue weighted by atomic mass is 16.3. The van der Waals surface area contributed by atoms with Gasteiger partial charge in [-0.2, -0.15) is 0 Å². The van der Waals surface area contributed by atoms with E-state index in [9.17, 15) is 5.11 Å². The summed E-state index contributed by atoms with van der Waals surface area (Å²) in [7, 11) is 0. The monoisotopic (exact) mass is 273 g/mol. The van der Waals surface area contributed by atoms with Crippen LogP contribution in [0.25, 0.3) is 11.1 Å². The van der Waals surface area contributed by atoms with Crippen LogP contribution in [-0.2, 0) is 6.54 Å². The Labute approximate surface area is 117 Å². The third-order valence-corrected chi connectivity index (χ3v) is 4.63. The number of aromatic nitrogens is 1. The number of hydrogen-bond donors (Lipinski definition) is 2. The van der Waals surface area contributed by atoms with E-state index in [4.69, 9.17) is 10.2 Å². The highest BCUT2D eigenvalue weighted by Crippen LogP contribution is 2.36. The number of anilines is 1. The molecule has 2 fully saturated rings. The fourth-order valence-electron chi connectivity index (χ4n) is 3.72. The molecule has 106 valence electrons. The Morgan fingerprint density at radius 1 is 1.30 bits per heavy atom. The van der Waals surface area contributed by atoms with Gasteiger partial charge in [-0.3, -0.25) is 4.90 Å². The molecule has 5 heteroatoms. The zero-order valence-electron chi connectivity index (χ0n) is 11.3. The zero-order valence-corrected chi connectivity index (χ0v) is 11.3.